The van der Waals surface area contributed by atoms with Crippen molar-refractivity contribution in [2.45, 2.75) is 26.3 Å². The van der Waals surface area contributed by atoms with E-state index in [4.69, 9.17) is 23.2 Å². The Kier molecular flexibility index (Phi) is 7.48. The summed E-state index contributed by atoms with van der Waals surface area (Å²) >= 11 is 12.2. The summed E-state index contributed by atoms with van der Waals surface area (Å²) in [4.78, 5) is 26.8. The summed E-state index contributed by atoms with van der Waals surface area (Å²) in [7, 11) is 0. The molecule has 0 fully saturated rings. The van der Waals surface area contributed by atoms with Crippen LogP contribution in [-0.4, -0.2) is 32.9 Å². The predicted molar refractivity (Wildman–Crippen MR) is 138 cm³/mol. The molecule has 178 valence electrons. The maximum absolute atomic E-state index is 12.8. The van der Waals surface area contributed by atoms with Gasteiger partial charge in [0.05, 0.1) is 27.0 Å². The highest BCUT2D eigenvalue weighted by Gasteiger charge is 2.19. The van der Waals surface area contributed by atoms with Gasteiger partial charge in [-0.1, -0.05) is 59.6 Å². The third kappa shape index (κ3) is 5.88. The maximum Gasteiger partial charge on any atom is 0.273 e. The first-order chi connectivity index (χ1) is 16.8. The fraction of sp³-hybridized carbons (Fsp3) is 0.154. The Bertz CT molecular complexity index is 1330. The van der Waals surface area contributed by atoms with Gasteiger partial charge in [-0.2, -0.15) is 9.90 Å². The normalized spacial score (nSPS) is 11.7. The van der Waals surface area contributed by atoms with Gasteiger partial charge in [-0.25, -0.2) is 0 Å². The Labute approximate surface area is 213 Å². The minimum atomic E-state index is -0.382. The smallest absolute Gasteiger partial charge is 0.273 e. The Morgan fingerprint density at radius 3 is 2.20 bits per heavy atom. The summed E-state index contributed by atoms with van der Waals surface area (Å²) in [5, 5.41) is 15.1. The molecule has 2 amide bonds. The lowest BCUT2D eigenvalue weighted by molar-refractivity contribution is 0.0933. The average Bonchev–Trinajstić information content (AvgIpc) is 3.22. The first-order valence-electron chi connectivity index (χ1n) is 11.0. The van der Waals surface area contributed by atoms with Gasteiger partial charge in [0.15, 0.2) is 5.69 Å². The summed E-state index contributed by atoms with van der Waals surface area (Å²) in [6, 6.07) is 21.6. The Hall–Kier alpha value is -3.68. The van der Waals surface area contributed by atoms with Crippen LogP contribution in [-0.2, 0) is 6.42 Å². The molecule has 1 unspecified atom stereocenters. The van der Waals surface area contributed by atoms with Gasteiger partial charge in [0.1, 0.15) is 0 Å². The second-order valence-corrected chi connectivity index (χ2v) is 8.90. The number of hydrogen-bond donors (Lipinski definition) is 2. The number of halogens is 2. The van der Waals surface area contributed by atoms with Crippen LogP contribution in [0, 0.1) is 6.92 Å². The molecule has 0 radical (unpaired) electrons. The van der Waals surface area contributed by atoms with Crippen LogP contribution in [0.5, 0.6) is 0 Å². The quantitative estimate of drug-likeness (QED) is 0.345. The van der Waals surface area contributed by atoms with E-state index in [0.29, 0.717) is 17.8 Å². The lowest BCUT2D eigenvalue weighted by Gasteiger charge is -2.14. The van der Waals surface area contributed by atoms with Gasteiger partial charge in [-0.3, -0.25) is 9.59 Å². The van der Waals surface area contributed by atoms with E-state index in [1.807, 2.05) is 49.4 Å². The number of benzene rings is 3. The highest BCUT2D eigenvalue weighted by atomic mass is 35.5. The van der Waals surface area contributed by atoms with Crippen molar-refractivity contribution in [3.63, 3.8) is 0 Å². The summed E-state index contributed by atoms with van der Waals surface area (Å²) in [5.41, 5.74) is 3.47. The van der Waals surface area contributed by atoms with Crippen LogP contribution in [0.2, 0.25) is 10.0 Å². The average molecular weight is 508 g/mol. The minimum Gasteiger partial charge on any atom is -0.348 e. The minimum absolute atomic E-state index is 0.147. The molecule has 0 aliphatic carbocycles. The van der Waals surface area contributed by atoms with Gasteiger partial charge in [-0.05, 0) is 62.2 Å². The zero-order chi connectivity index (χ0) is 24.9. The van der Waals surface area contributed by atoms with Gasteiger partial charge in [0.25, 0.3) is 11.8 Å². The number of aromatic nitrogens is 3. The van der Waals surface area contributed by atoms with Crippen molar-refractivity contribution < 1.29 is 9.59 Å². The van der Waals surface area contributed by atoms with Crippen molar-refractivity contribution >= 4 is 40.7 Å². The molecule has 0 aliphatic rings. The molecule has 4 rings (SSSR count). The van der Waals surface area contributed by atoms with E-state index in [0.717, 1.165) is 11.3 Å². The van der Waals surface area contributed by atoms with Crippen molar-refractivity contribution in [3.8, 4) is 5.69 Å². The number of nitrogens with zero attached hydrogens (tertiary/aromatic N) is 3. The second-order valence-electron chi connectivity index (χ2n) is 8.09. The van der Waals surface area contributed by atoms with Crippen molar-refractivity contribution in [1.82, 2.24) is 20.3 Å². The molecule has 4 aromatic rings. The lowest BCUT2D eigenvalue weighted by Crippen LogP contribution is -2.34. The molecule has 0 saturated heterocycles. The molecule has 0 aliphatic heterocycles. The molecule has 2 N–H and O–H groups in total. The SMILES string of the molecule is Cc1nn(-c2ccccc2)nc1C(=O)NC(C)Cc1ccc(NC(=O)c2c(Cl)cccc2Cl)cc1. The molecular weight excluding hydrogens is 485 g/mol. The molecule has 9 heteroatoms. The fourth-order valence-electron chi connectivity index (χ4n) is 3.59. The largest absolute Gasteiger partial charge is 0.348 e. The number of rotatable bonds is 7. The maximum atomic E-state index is 12.8. The number of anilines is 1. The number of nitrogens with one attached hydrogen (secondary N) is 2. The summed E-state index contributed by atoms with van der Waals surface area (Å²) in [6.07, 6.45) is 0.599. The van der Waals surface area contributed by atoms with Crippen LogP contribution >= 0.6 is 23.2 Å². The molecule has 1 aromatic heterocycles. The molecule has 0 spiro atoms. The highest BCUT2D eigenvalue weighted by Crippen LogP contribution is 2.25. The third-order valence-corrected chi connectivity index (χ3v) is 5.94. The molecule has 0 bridgehead atoms. The zero-order valence-corrected chi connectivity index (χ0v) is 20.6. The molecule has 1 heterocycles. The number of amides is 2. The molecule has 0 saturated carbocycles. The van der Waals surface area contributed by atoms with Crippen LogP contribution in [0.3, 0.4) is 0 Å². The lowest BCUT2D eigenvalue weighted by atomic mass is 10.1. The molecule has 1 atom stereocenters. The van der Waals surface area contributed by atoms with Gasteiger partial charge < -0.3 is 10.6 Å². The van der Waals surface area contributed by atoms with Gasteiger partial charge >= 0.3 is 0 Å². The van der Waals surface area contributed by atoms with Crippen LogP contribution < -0.4 is 10.6 Å². The topological polar surface area (TPSA) is 88.9 Å². The van der Waals surface area contributed by atoms with E-state index in [2.05, 4.69) is 20.8 Å². The van der Waals surface area contributed by atoms with Gasteiger partial charge in [-0.15, -0.1) is 5.10 Å². The monoisotopic (exact) mass is 507 g/mol. The summed E-state index contributed by atoms with van der Waals surface area (Å²) < 4.78 is 0. The fourth-order valence-corrected chi connectivity index (χ4v) is 4.16. The van der Waals surface area contributed by atoms with Crippen LogP contribution in [0.25, 0.3) is 5.69 Å². The number of carbonyl (C=O) groups excluding carboxylic acids is 2. The summed E-state index contributed by atoms with van der Waals surface area (Å²) in [5.74, 6) is -0.661. The third-order valence-electron chi connectivity index (χ3n) is 5.31. The standard InChI is InChI=1S/C26H23Cl2N5O2/c1-16(29-26(35)24-17(2)31-33(32-24)20-7-4-3-5-8-20)15-18-11-13-19(14-12-18)30-25(34)23-21(27)9-6-10-22(23)28/h3-14,16H,15H2,1-2H3,(H,29,35)(H,30,34). The van der Waals surface area contributed by atoms with E-state index >= 15 is 0 Å². The van der Waals surface area contributed by atoms with Crippen molar-refractivity contribution in [3.05, 3.63) is 105 Å². The Balaban J connectivity index is 1.36. The number of aryl methyl sites for hydroxylation is 1. The first kappa shape index (κ1) is 24.4. The number of carbonyl (C=O) groups is 2. The zero-order valence-electron chi connectivity index (χ0n) is 19.1. The first-order valence-corrected chi connectivity index (χ1v) is 11.7. The van der Waals surface area contributed by atoms with Gasteiger partial charge in [0.2, 0.25) is 0 Å². The van der Waals surface area contributed by atoms with E-state index in [1.165, 1.54) is 4.80 Å². The Morgan fingerprint density at radius 1 is 0.886 bits per heavy atom. The van der Waals surface area contributed by atoms with Crippen molar-refractivity contribution in [2.75, 3.05) is 5.32 Å². The number of hydrogen-bond acceptors (Lipinski definition) is 4. The highest BCUT2D eigenvalue weighted by molar-refractivity contribution is 6.40. The van der Waals surface area contributed by atoms with E-state index in [-0.39, 0.29) is 39.2 Å². The predicted octanol–water partition coefficient (Wildman–Crippen LogP) is 5.50. The number of para-hydroxylation sites is 1. The Morgan fingerprint density at radius 2 is 1.54 bits per heavy atom. The molecule has 35 heavy (non-hydrogen) atoms. The van der Waals surface area contributed by atoms with E-state index in [9.17, 15) is 9.59 Å². The van der Waals surface area contributed by atoms with E-state index in [1.54, 1.807) is 37.3 Å². The molecule has 3 aromatic carbocycles. The van der Waals surface area contributed by atoms with E-state index < -0.39 is 0 Å². The second kappa shape index (κ2) is 10.7. The van der Waals surface area contributed by atoms with Crippen LogP contribution in [0.4, 0.5) is 5.69 Å². The molecule has 7 nitrogen and oxygen atoms in total. The van der Waals surface area contributed by atoms with Crippen molar-refractivity contribution in [2.24, 2.45) is 0 Å². The van der Waals surface area contributed by atoms with Crippen molar-refractivity contribution in [1.29, 1.82) is 0 Å². The molecular formula is C26H23Cl2N5O2. The van der Waals surface area contributed by atoms with Gasteiger partial charge in [0, 0.05) is 11.7 Å². The summed E-state index contributed by atoms with van der Waals surface area (Å²) in [6.45, 7) is 3.68. The van der Waals surface area contributed by atoms with Crippen LogP contribution in [0.15, 0.2) is 72.8 Å². The van der Waals surface area contributed by atoms with Crippen LogP contribution in [0.1, 0.15) is 39.0 Å².